The minimum Gasteiger partial charge on any atom is -0.496 e. The number of hydrogen-bond acceptors (Lipinski definition) is 4. The molecule has 1 heterocycles. The topological polar surface area (TPSA) is 59.0 Å². The van der Waals surface area contributed by atoms with E-state index < -0.39 is 5.97 Å². The SMILES string of the molecule is COc1ccc(CN2CC(C)OC(C)C2)cc1C(=O)O. The molecule has 2 atom stereocenters. The van der Waals surface area contributed by atoms with Gasteiger partial charge in [-0.1, -0.05) is 6.07 Å². The van der Waals surface area contributed by atoms with Gasteiger partial charge in [0.25, 0.3) is 0 Å². The monoisotopic (exact) mass is 279 g/mol. The molecule has 1 fully saturated rings. The van der Waals surface area contributed by atoms with Crippen LogP contribution in [0.4, 0.5) is 0 Å². The van der Waals surface area contributed by atoms with Crippen molar-refractivity contribution >= 4 is 5.97 Å². The highest BCUT2D eigenvalue weighted by molar-refractivity contribution is 5.91. The van der Waals surface area contributed by atoms with Gasteiger partial charge in [0.05, 0.1) is 19.3 Å². The second-order valence-electron chi connectivity index (χ2n) is 5.29. The van der Waals surface area contributed by atoms with Gasteiger partial charge in [0, 0.05) is 19.6 Å². The Hall–Kier alpha value is -1.59. The molecular formula is C15H21NO4. The van der Waals surface area contributed by atoms with E-state index in [9.17, 15) is 9.90 Å². The van der Waals surface area contributed by atoms with E-state index in [2.05, 4.69) is 18.7 Å². The van der Waals surface area contributed by atoms with Gasteiger partial charge in [-0.2, -0.15) is 0 Å². The molecule has 2 unspecified atom stereocenters. The molecule has 2 rings (SSSR count). The maximum atomic E-state index is 11.2. The number of carboxylic acid groups (broad SMARTS) is 1. The van der Waals surface area contributed by atoms with Gasteiger partial charge < -0.3 is 14.6 Å². The van der Waals surface area contributed by atoms with E-state index in [1.54, 1.807) is 12.1 Å². The van der Waals surface area contributed by atoms with Crippen LogP contribution in [0, 0.1) is 0 Å². The zero-order valence-corrected chi connectivity index (χ0v) is 12.1. The molecule has 1 aromatic carbocycles. The lowest BCUT2D eigenvalue weighted by molar-refractivity contribution is -0.0705. The van der Waals surface area contributed by atoms with Crippen molar-refractivity contribution in [2.75, 3.05) is 20.2 Å². The van der Waals surface area contributed by atoms with Crippen molar-refractivity contribution in [3.63, 3.8) is 0 Å². The maximum absolute atomic E-state index is 11.2. The molecule has 0 bridgehead atoms. The number of morpholine rings is 1. The van der Waals surface area contributed by atoms with E-state index in [0.29, 0.717) is 5.75 Å². The van der Waals surface area contributed by atoms with Crippen LogP contribution in [0.25, 0.3) is 0 Å². The molecule has 20 heavy (non-hydrogen) atoms. The third-order valence-corrected chi connectivity index (χ3v) is 3.40. The number of hydrogen-bond donors (Lipinski definition) is 1. The summed E-state index contributed by atoms with van der Waals surface area (Å²) >= 11 is 0. The van der Waals surface area contributed by atoms with Crippen LogP contribution >= 0.6 is 0 Å². The minimum atomic E-state index is -0.965. The second kappa shape index (κ2) is 6.24. The Kier molecular flexibility index (Phi) is 4.62. The van der Waals surface area contributed by atoms with E-state index in [1.807, 2.05) is 6.07 Å². The fraction of sp³-hybridized carbons (Fsp3) is 0.533. The molecule has 1 saturated heterocycles. The van der Waals surface area contributed by atoms with Crippen molar-refractivity contribution in [1.29, 1.82) is 0 Å². The largest absolute Gasteiger partial charge is 0.496 e. The molecule has 0 amide bonds. The van der Waals surface area contributed by atoms with E-state index >= 15 is 0 Å². The minimum absolute atomic E-state index is 0.205. The molecule has 0 radical (unpaired) electrons. The van der Waals surface area contributed by atoms with Crippen molar-refractivity contribution in [2.45, 2.75) is 32.6 Å². The first-order chi connectivity index (χ1) is 9.49. The van der Waals surface area contributed by atoms with Gasteiger partial charge in [0.1, 0.15) is 11.3 Å². The molecule has 0 aliphatic carbocycles. The molecule has 1 aliphatic rings. The van der Waals surface area contributed by atoms with Crippen LogP contribution < -0.4 is 4.74 Å². The number of carbonyl (C=O) groups is 1. The van der Waals surface area contributed by atoms with Crippen LogP contribution in [0.5, 0.6) is 5.75 Å². The molecule has 110 valence electrons. The number of methoxy groups -OCH3 is 1. The summed E-state index contributed by atoms with van der Waals surface area (Å²) in [6.07, 6.45) is 0.409. The summed E-state index contributed by atoms with van der Waals surface area (Å²) in [5.74, 6) is -0.572. The van der Waals surface area contributed by atoms with Crippen LogP contribution in [0.3, 0.4) is 0 Å². The van der Waals surface area contributed by atoms with Gasteiger partial charge in [0.15, 0.2) is 0 Å². The molecule has 1 N–H and O–H groups in total. The Bertz CT molecular complexity index is 479. The van der Waals surface area contributed by atoms with E-state index in [1.165, 1.54) is 7.11 Å². The van der Waals surface area contributed by atoms with Crippen LogP contribution in [-0.4, -0.2) is 48.4 Å². The summed E-state index contributed by atoms with van der Waals surface area (Å²) in [5.41, 5.74) is 1.18. The van der Waals surface area contributed by atoms with Crippen LogP contribution in [0.15, 0.2) is 18.2 Å². The van der Waals surface area contributed by atoms with Crippen molar-refractivity contribution in [3.8, 4) is 5.75 Å². The molecule has 0 saturated carbocycles. The first-order valence-electron chi connectivity index (χ1n) is 6.77. The van der Waals surface area contributed by atoms with Gasteiger partial charge in [-0.3, -0.25) is 4.90 Å². The zero-order chi connectivity index (χ0) is 14.7. The van der Waals surface area contributed by atoms with Gasteiger partial charge in [-0.05, 0) is 31.5 Å². The van der Waals surface area contributed by atoms with Crippen molar-refractivity contribution in [1.82, 2.24) is 4.90 Å². The van der Waals surface area contributed by atoms with Gasteiger partial charge in [-0.25, -0.2) is 4.79 Å². The molecule has 5 heteroatoms. The Morgan fingerprint density at radius 2 is 2.05 bits per heavy atom. The highest BCUT2D eigenvalue weighted by Crippen LogP contribution is 2.22. The quantitative estimate of drug-likeness (QED) is 0.913. The molecule has 0 aromatic heterocycles. The van der Waals surface area contributed by atoms with Crippen LogP contribution in [0.1, 0.15) is 29.8 Å². The van der Waals surface area contributed by atoms with Gasteiger partial charge in [0.2, 0.25) is 0 Å². The predicted octanol–water partition coefficient (Wildman–Crippen LogP) is 2.00. The van der Waals surface area contributed by atoms with E-state index in [0.717, 1.165) is 25.2 Å². The maximum Gasteiger partial charge on any atom is 0.339 e. The number of rotatable bonds is 4. The van der Waals surface area contributed by atoms with Crippen LogP contribution in [-0.2, 0) is 11.3 Å². The highest BCUT2D eigenvalue weighted by atomic mass is 16.5. The van der Waals surface area contributed by atoms with Crippen LogP contribution in [0.2, 0.25) is 0 Å². The summed E-state index contributed by atoms with van der Waals surface area (Å²) < 4.78 is 10.8. The van der Waals surface area contributed by atoms with Crippen molar-refractivity contribution < 1.29 is 19.4 Å². The lowest BCUT2D eigenvalue weighted by atomic mass is 10.1. The van der Waals surface area contributed by atoms with Gasteiger partial charge in [-0.15, -0.1) is 0 Å². The zero-order valence-electron chi connectivity index (χ0n) is 12.1. The highest BCUT2D eigenvalue weighted by Gasteiger charge is 2.22. The second-order valence-corrected chi connectivity index (χ2v) is 5.29. The Morgan fingerprint density at radius 1 is 1.40 bits per heavy atom. The smallest absolute Gasteiger partial charge is 0.339 e. The fourth-order valence-corrected chi connectivity index (χ4v) is 2.69. The third kappa shape index (κ3) is 3.49. The van der Waals surface area contributed by atoms with Gasteiger partial charge >= 0.3 is 5.97 Å². The molecule has 0 spiro atoms. The summed E-state index contributed by atoms with van der Waals surface area (Å²) in [6.45, 7) is 6.55. The first kappa shape index (κ1) is 14.8. The number of benzene rings is 1. The average Bonchev–Trinajstić information content (AvgIpc) is 2.37. The third-order valence-electron chi connectivity index (χ3n) is 3.40. The Balaban J connectivity index is 2.13. The standard InChI is InChI=1S/C15H21NO4/c1-10-7-16(8-11(2)20-10)9-12-4-5-14(19-3)13(6-12)15(17)18/h4-6,10-11H,7-9H2,1-3H3,(H,17,18). The molecule has 5 nitrogen and oxygen atoms in total. The summed E-state index contributed by atoms with van der Waals surface area (Å²) in [4.78, 5) is 13.5. The summed E-state index contributed by atoms with van der Waals surface area (Å²) in [6, 6.07) is 5.31. The van der Waals surface area contributed by atoms with Crippen molar-refractivity contribution in [2.24, 2.45) is 0 Å². The fourth-order valence-electron chi connectivity index (χ4n) is 2.69. The van der Waals surface area contributed by atoms with E-state index in [4.69, 9.17) is 9.47 Å². The lowest BCUT2D eigenvalue weighted by Gasteiger charge is -2.35. The summed E-state index contributed by atoms with van der Waals surface area (Å²) in [5, 5.41) is 9.20. The average molecular weight is 279 g/mol. The normalized spacial score (nSPS) is 23.6. The Morgan fingerprint density at radius 3 is 2.60 bits per heavy atom. The Labute approximate surface area is 119 Å². The molecule has 1 aliphatic heterocycles. The number of nitrogens with zero attached hydrogens (tertiary/aromatic N) is 1. The lowest BCUT2D eigenvalue weighted by Crippen LogP contribution is -2.44. The number of ether oxygens (including phenoxy) is 2. The van der Waals surface area contributed by atoms with Crippen molar-refractivity contribution in [3.05, 3.63) is 29.3 Å². The summed E-state index contributed by atoms with van der Waals surface area (Å²) in [7, 11) is 1.48. The number of carboxylic acids is 1. The molecular weight excluding hydrogens is 258 g/mol. The number of aromatic carboxylic acids is 1. The molecule has 1 aromatic rings. The predicted molar refractivity (Wildman–Crippen MR) is 75.2 cm³/mol. The first-order valence-corrected chi connectivity index (χ1v) is 6.77. The van der Waals surface area contributed by atoms with E-state index in [-0.39, 0.29) is 17.8 Å².